The van der Waals surface area contributed by atoms with Crippen LogP contribution in [0.15, 0.2) is 18.3 Å². The number of aryl methyl sites for hydroxylation is 1. The van der Waals surface area contributed by atoms with E-state index in [1.807, 2.05) is 17.5 Å². The standard InChI is InChI=1S/C21H30N4OS/c1-16-14-18-19(27-16)7-9-22-20(18)25-13-4-6-17(15-25)21(26)23-8-5-12-24-10-2-3-11-24/h7,9,14,17H,2-6,8,10-13,15H2,1H3,(H,23,26)/t17-/m1/s1. The average Bonchev–Trinajstić information content (AvgIpc) is 3.33. The third-order valence-electron chi connectivity index (χ3n) is 5.79. The van der Waals surface area contributed by atoms with Gasteiger partial charge in [-0.1, -0.05) is 0 Å². The summed E-state index contributed by atoms with van der Waals surface area (Å²) in [6, 6.07) is 4.31. The maximum atomic E-state index is 12.7. The van der Waals surface area contributed by atoms with Crippen LogP contribution in [0, 0.1) is 12.8 Å². The molecule has 2 aliphatic heterocycles. The highest BCUT2D eigenvalue weighted by atomic mass is 32.1. The molecule has 4 rings (SSSR count). The molecular weight excluding hydrogens is 356 g/mol. The lowest BCUT2D eigenvalue weighted by Gasteiger charge is -2.33. The van der Waals surface area contributed by atoms with Gasteiger partial charge in [0.05, 0.1) is 5.92 Å². The number of piperidine rings is 1. The maximum Gasteiger partial charge on any atom is 0.224 e. The summed E-state index contributed by atoms with van der Waals surface area (Å²) >= 11 is 1.81. The van der Waals surface area contributed by atoms with E-state index >= 15 is 0 Å². The summed E-state index contributed by atoms with van der Waals surface area (Å²) in [5, 5.41) is 4.41. The SMILES string of the molecule is Cc1cc2c(N3CCC[C@@H](C(=O)NCCCN4CCCC4)C3)nccc2s1. The zero-order valence-corrected chi connectivity index (χ0v) is 17.1. The fraction of sp³-hybridized carbons (Fsp3) is 0.619. The van der Waals surface area contributed by atoms with Crippen LogP contribution in [0.2, 0.25) is 0 Å². The van der Waals surface area contributed by atoms with E-state index in [4.69, 9.17) is 0 Å². The molecule has 0 radical (unpaired) electrons. The predicted molar refractivity (Wildman–Crippen MR) is 113 cm³/mol. The van der Waals surface area contributed by atoms with E-state index in [0.717, 1.165) is 51.3 Å². The molecule has 2 aromatic heterocycles. The maximum absolute atomic E-state index is 12.7. The van der Waals surface area contributed by atoms with Crippen molar-refractivity contribution in [1.82, 2.24) is 15.2 Å². The molecule has 0 bridgehead atoms. The molecule has 6 heteroatoms. The van der Waals surface area contributed by atoms with Crippen molar-refractivity contribution in [3.63, 3.8) is 0 Å². The van der Waals surface area contributed by atoms with Crippen LogP contribution in [0.4, 0.5) is 5.82 Å². The number of hydrogen-bond acceptors (Lipinski definition) is 5. The van der Waals surface area contributed by atoms with E-state index in [0.29, 0.717) is 0 Å². The van der Waals surface area contributed by atoms with Crippen LogP contribution >= 0.6 is 11.3 Å². The van der Waals surface area contributed by atoms with E-state index in [1.54, 1.807) is 0 Å². The summed E-state index contributed by atoms with van der Waals surface area (Å²) in [5.41, 5.74) is 0. The number of thiophene rings is 1. The Morgan fingerprint density at radius 1 is 1.30 bits per heavy atom. The minimum Gasteiger partial charge on any atom is -0.356 e. The van der Waals surface area contributed by atoms with Gasteiger partial charge in [0.1, 0.15) is 5.82 Å². The molecule has 0 saturated carbocycles. The number of amides is 1. The lowest BCUT2D eigenvalue weighted by atomic mass is 9.97. The van der Waals surface area contributed by atoms with Crippen molar-refractivity contribution >= 4 is 33.1 Å². The molecule has 2 fully saturated rings. The van der Waals surface area contributed by atoms with E-state index in [-0.39, 0.29) is 11.8 Å². The Kier molecular flexibility index (Phi) is 5.93. The fourth-order valence-corrected chi connectivity index (χ4v) is 5.29. The van der Waals surface area contributed by atoms with E-state index in [2.05, 4.69) is 39.2 Å². The van der Waals surface area contributed by atoms with Gasteiger partial charge in [-0.15, -0.1) is 11.3 Å². The lowest BCUT2D eigenvalue weighted by Crippen LogP contribution is -2.43. The number of nitrogens with zero attached hydrogens (tertiary/aromatic N) is 3. The van der Waals surface area contributed by atoms with Crippen LogP contribution in [0.5, 0.6) is 0 Å². The Balaban J connectivity index is 1.32. The summed E-state index contributed by atoms with van der Waals surface area (Å²) in [6.45, 7) is 8.27. The molecule has 5 nitrogen and oxygen atoms in total. The summed E-state index contributed by atoms with van der Waals surface area (Å²) in [4.78, 5) is 23.4. The quantitative estimate of drug-likeness (QED) is 0.773. The largest absolute Gasteiger partial charge is 0.356 e. The smallest absolute Gasteiger partial charge is 0.224 e. The summed E-state index contributed by atoms with van der Waals surface area (Å²) in [7, 11) is 0. The second-order valence-corrected chi connectivity index (χ2v) is 9.17. The molecule has 1 N–H and O–H groups in total. The van der Waals surface area contributed by atoms with Gasteiger partial charge in [0, 0.05) is 40.8 Å². The van der Waals surface area contributed by atoms with Crippen molar-refractivity contribution in [2.24, 2.45) is 5.92 Å². The first kappa shape index (κ1) is 18.7. The van der Waals surface area contributed by atoms with Gasteiger partial charge in [-0.2, -0.15) is 0 Å². The normalized spacial score (nSPS) is 21.1. The van der Waals surface area contributed by atoms with E-state index in [1.165, 1.54) is 40.9 Å². The van der Waals surface area contributed by atoms with Gasteiger partial charge in [-0.05, 0) is 70.8 Å². The molecule has 2 saturated heterocycles. The van der Waals surface area contributed by atoms with Gasteiger partial charge in [0.15, 0.2) is 0 Å². The average molecular weight is 387 g/mol. The number of pyridine rings is 1. The number of likely N-dealkylation sites (tertiary alicyclic amines) is 1. The molecule has 2 aliphatic rings. The fourth-order valence-electron chi connectivity index (χ4n) is 4.38. The Hall–Kier alpha value is -1.66. The van der Waals surface area contributed by atoms with Crippen LogP contribution in [-0.4, -0.2) is 55.1 Å². The number of nitrogens with one attached hydrogen (secondary N) is 1. The van der Waals surface area contributed by atoms with Crippen LogP contribution in [0.1, 0.15) is 37.0 Å². The molecular formula is C21H30N4OS. The lowest BCUT2D eigenvalue weighted by molar-refractivity contribution is -0.125. The highest BCUT2D eigenvalue weighted by molar-refractivity contribution is 7.19. The van der Waals surface area contributed by atoms with Gasteiger partial charge in [0.2, 0.25) is 5.91 Å². The summed E-state index contributed by atoms with van der Waals surface area (Å²) in [5.74, 6) is 1.33. The number of carbonyl (C=O) groups is 1. The first-order valence-corrected chi connectivity index (χ1v) is 11.1. The van der Waals surface area contributed by atoms with Gasteiger partial charge >= 0.3 is 0 Å². The van der Waals surface area contributed by atoms with Crippen molar-refractivity contribution in [3.8, 4) is 0 Å². The predicted octanol–water partition coefficient (Wildman–Crippen LogP) is 3.42. The van der Waals surface area contributed by atoms with Crippen LogP contribution < -0.4 is 10.2 Å². The van der Waals surface area contributed by atoms with Crippen molar-refractivity contribution in [3.05, 3.63) is 23.2 Å². The number of rotatable bonds is 6. The van der Waals surface area contributed by atoms with Crippen LogP contribution in [-0.2, 0) is 4.79 Å². The second kappa shape index (κ2) is 8.57. The summed E-state index contributed by atoms with van der Waals surface area (Å²) < 4.78 is 1.28. The highest BCUT2D eigenvalue weighted by Gasteiger charge is 2.27. The third-order valence-corrected chi connectivity index (χ3v) is 6.80. The monoisotopic (exact) mass is 386 g/mol. The van der Waals surface area contributed by atoms with Crippen LogP contribution in [0.25, 0.3) is 10.1 Å². The van der Waals surface area contributed by atoms with Crippen molar-refractivity contribution in [2.45, 2.75) is 39.0 Å². The molecule has 0 unspecified atom stereocenters. The van der Waals surface area contributed by atoms with Crippen LogP contribution in [0.3, 0.4) is 0 Å². The Labute approximate surface area is 165 Å². The molecule has 4 heterocycles. The number of anilines is 1. The van der Waals surface area contributed by atoms with Crippen molar-refractivity contribution in [1.29, 1.82) is 0 Å². The van der Waals surface area contributed by atoms with Gasteiger partial charge in [0.25, 0.3) is 0 Å². The Bertz CT molecular complexity index is 784. The third kappa shape index (κ3) is 4.43. The minimum atomic E-state index is 0.0716. The molecule has 146 valence electrons. The second-order valence-electron chi connectivity index (χ2n) is 7.88. The number of fused-ring (bicyclic) bond motifs is 1. The number of aromatic nitrogens is 1. The number of carbonyl (C=O) groups excluding carboxylic acids is 1. The topological polar surface area (TPSA) is 48.5 Å². The molecule has 27 heavy (non-hydrogen) atoms. The highest BCUT2D eigenvalue weighted by Crippen LogP contribution is 2.33. The Morgan fingerprint density at radius 2 is 2.15 bits per heavy atom. The molecule has 1 amide bonds. The van der Waals surface area contributed by atoms with Gasteiger partial charge < -0.3 is 15.1 Å². The zero-order valence-electron chi connectivity index (χ0n) is 16.2. The molecule has 0 aromatic carbocycles. The Morgan fingerprint density at radius 3 is 3.00 bits per heavy atom. The molecule has 2 aromatic rings. The molecule has 0 spiro atoms. The van der Waals surface area contributed by atoms with Gasteiger partial charge in [-0.3, -0.25) is 4.79 Å². The first-order valence-electron chi connectivity index (χ1n) is 10.3. The first-order chi connectivity index (χ1) is 13.2. The van der Waals surface area contributed by atoms with Crippen molar-refractivity contribution in [2.75, 3.05) is 44.2 Å². The number of hydrogen-bond donors (Lipinski definition) is 1. The minimum absolute atomic E-state index is 0.0716. The van der Waals surface area contributed by atoms with E-state index in [9.17, 15) is 4.79 Å². The molecule has 0 aliphatic carbocycles. The zero-order chi connectivity index (χ0) is 18.6. The molecule has 1 atom stereocenters. The summed E-state index contributed by atoms with van der Waals surface area (Å²) in [6.07, 6.45) is 7.64. The van der Waals surface area contributed by atoms with E-state index < -0.39 is 0 Å². The van der Waals surface area contributed by atoms with Gasteiger partial charge in [-0.25, -0.2) is 4.98 Å². The van der Waals surface area contributed by atoms with Crippen molar-refractivity contribution < 1.29 is 4.79 Å².